The van der Waals surface area contributed by atoms with E-state index in [1.807, 2.05) is 44.0 Å². The number of aliphatic imine (C=N–C) groups is 1. The van der Waals surface area contributed by atoms with Crippen molar-refractivity contribution in [2.75, 3.05) is 13.1 Å². The number of hydrogen-bond donors (Lipinski definition) is 0. The van der Waals surface area contributed by atoms with Crippen molar-refractivity contribution >= 4 is 11.9 Å². The molecule has 0 spiro atoms. The van der Waals surface area contributed by atoms with E-state index in [9.17, 15) is 0 Å². The SMILES string of the molecule is CC=NC(=CCC)c1c(-c2ccccc2)ncn1C1CCN(Cc2ncccn2)CC1. The predicted molar refractivity (Wildman–Crippen MR) is 126 cm³/mol. The molecule has 0 bridgehead atoms. The van der Waals surface area contributed by atoms with Gasteiger partial charge in [-0.15, -0.1) is 0 Å². The molecule has 4 rings (SSSR count). The van der Waals surface area contributed by atoms with Crippen molar-refractivity contribution in [1.82, 2.24) is 24.4 Å². The minimum Gasteiger partial charge on any atom is -0.326 e. The van der Waals surface area contributed by atoms with Crippen molar-refractivity contribution in [1.29, 1.82) is 0 Å². The number of benzene rings is 1. The molecular weight excluding hydrogens is 384 g/mol. The number of hydrogen-bond acceptors (Lipinski definition) is 5. The third kappa shape index (κ3) is 4.97. The fraction of sp³-hybridized carbons (Fsp3) is 0.360. The lowest BCUT2D eigenvalue weighted by molar-refractivity contribution is 0.175. The molecule has 0 saturated carbocycles. The normalized spacial score (nSPS) is 16.3. The van der Waals surface area contributed by atoms with Crippen LogP contribution in [-0.2, 0) is 6.54 Å². The van der Waals surface area contributed by atoms with E-state index in [4.69, 9.17) is 9.98 Å². The van der Waals surface area contributed by atoms with Crippen molar-refractivity contribution in [3.8, 4) is 11.3 Å². The molecule has 6 heteroatoms. The molecule has 1 fully saturated rings. The number of imidazole rings is 1. The summed E-state index contributed by atoms with van der Waals surface area (Å²) in [4.78, 5) is 20.8. The van der Waals surface area contributed by atoms with Crippen LogP contribution in [0.3, 0.4) is 0 Å². The minimum atomic E-state index is 0.403. The van der Waals surface area contributed by atoms with Gasteiger partial charge < -0.3 is 4.57 Å². The lowest BCUT2D eigenvalue weighted by Crippen LogP contribution is -2.34. The summed E-state index contributed by atoms with van der Waals surface area (Å²) in [6.45, 7) is 6.96. The Kier molecular flexibility index (Phi) is 6.99. The molecule has 1 saturated heterocycles. The lowest BCUT2D eigenvalue weighted by atomic mass is 10.0. The summed E-state index contributed by atoms with van der Waals surface area (Å²) in [6.07, 6.45) is 12.8. The highest BCUT2D eigenvalue weighted by Gasteiger charge is 2.26. The second-order valence-electron chi connectivity index (χ2n) is 7.77. The van der Waals surface area contributed by atoms with Crippen LogP contribution in [0.5, 0.6) is 0 Å². The van der Waals surface area contributed by atoms with Gasteiger partial charge in [-0.1, -0.05) is 43.3 Å². The first-order chi connectivity index (χ1) is 15.3. The maximum Gasteiger partial charge on any atom is 0.142 e. The van der Waals surface area contributed by atoms with E-state index in [-0.39, 0.29) is 0 Å². The largest absolute Gasteiger partial charge is 0.326 e. The summed E-state index contributed by atoms with van der Waals surface area (Å²) < 4.78 is 2.35. The molecule has 0 N–H and O–H groups in total. The Morgan fingerprint density at radius 1 is 1.06 bits per heavy atom. The van der Waals surface area contributed by atoms with Crippen LogP contribution in [0.15, 0.2) is 66.2 Å². The van der Waals surface area contributed by atoms with Crippen LogP contribution in [0.2, 0.25) is 0 Å². The van der Waals surface area contributed by atoms with E-state index < -0.39 is 0 Å². The average Bonchev–Trinajstić information content (AvgIpc) is 3.26. The van der Waals surface area contributed by atoms with Crippen LogP contribution < -0.4 is 0 Å². The summed E-state index contributed by atoms with van der Waals surface area (Å²) >= 11 is 0. The molecule has 1 aliphatic rings. The van der Waals surface area contributed by atoms with E-state index in [1.54, 1.807) is 0 Å². The summed E-state index contributed by atoms with van der Waals surface area (Å²) in [7, 11) is 0. The van der Waals surface area contributed by atoms with Crippen LogP contribution in [0.4, 0.5) is 0 Å². The topological polar surface area (TPSA) is 59.2 Å². The lowest BCUT2D eigenvalue weighted by Gasteiger charge is -2.33. The van der Waals surface area contributed by atoms with Crippen molar-refractivity contribution in [2.24, 2.45) is 4.99 Å². The van der Waals surface area contributed by atoms with E-state index in [0.29, 0.717) is 6.04 Å². The van der Waals surface area contributed by atoms with Gasteiger partial charge >= 0.3 is 0 Å². The zero-order valence-corrected chi connectivity index (χ0v) is 18.4. The Bertz CT molecular complexity index is 1010. The van der Waals surface area contributed by atoms with Crippen molar-refractivity contribution in [3.63, 3.8) is 0 Å². The first kappa shape index (κ1) is 21.1. The second kappa shape index (κ2) is 10.3. The number of nitrogens with zero attached hydrogens (tertiary/aromatic N) is 6. The zero-order valence-electron chi connectivity index (χ0n) is 18.4. The quantitative estimate of drug-likeness (QED) is 0.510. The maximum absolute atomic E-state index is 4.85. The molecule has 31 heavy (non-hydrogen) atoms. The van der Waals surface area contributed by atoms with E-state index in [2.05, 4.69) is 56.7 Å². The molecule has 1 aliphatic heterocycles. The van der Waals surface area contributed by atoms with Crippen LogP contribution in [0.25, 0.3) is 17.0 Å². The van der Waals surface area contributed by atoms with Gasteiger partial charge in [-0.25, -0.2) is 15.0 Å². The molecule has 6 nitrogen and oxygen atoms in total. The van der Waals surface area contributed by atoms with Gasteiger partial charge in [-0.2, -0.15) is 0 Å². The molecule has 0 amide bonds. The first-order valence-electron chi connectivity index (χ1n) is 11.1. The van der Waals surface area contributed by atoms with Crippen molar-refractivity contribution in [2.45, 2.75) is 45.7 Å². The van der Waals surface area contributed by atoms with Gasteiger partial charge in [0.1, 0.15) is 5.82 Å². The Labute approximate surface area is 184 Å². The smallest absolute Gasteiger partial charge is 0.142 e. The number of allylic oxidation sites excluding steroid dienone is 1. The van der Waals surface area contributed by atoms with Crippen molar-refractivity contribution < 1.29 is 0 Å². The van der Waals surface area contributed by atoms with Gasteiger partial charge in [0.05, 0.1) is 30.0 Å². The summed E-state index contributed by atoms with van der Waals surface area (Å²) in [5, 5.41) is 0. The highest BCUT2D eigenvalue weighted by atomic mass is 15.2. The maximum atomic E-state index is 4.85. The van der Waals surface area contributed by atoms with Gasteiger partial charge in [0.2, 0.25) is 0 Å². The van der Waals surface area contributed by atoms with Crippen LogP contribution in [0.1, 0.15) is 50.7 Å². The molecule has 1 aromatic carbocycles. The molecule has 0 unspecified atom stereocenters. The highest BCUT2D eigenvalue weighted by molar-refractivity contribution is 5.80. The van der Waals surface area contributed by atoms with Crippen molar-refractivity contribution in [3.05, 3.63) is 72.7 Å². The molecule has 0 atom stereocenters. The molecule has 0 radical (unpaired) electrons. The molecule has 160 valence electrons. The number of piperidine rings is 1. The van der Waals surface area contributed by atoms with Gasteiger partial charge in [0, 0.05) is 43.3 Å². The second-order valence-corrected chi connectivity index (χ2v) is 7.77. The Morgan fingerprint density at radius 3 is 2.48 bits per heavy atom. The summed E-state index contributed by atoms with van der Waals surface area (Å²) in [5.74, 6) is 0.890. The predicted octanol–water partition coefficient (Wildman–Crippen LogP) is 5.02. The van der Waals surface area contributed by atoms with Crippen LogP contribution in [0, 0.1) is 0 Å². The number of likely N-dealkylation sites (tertiary alicyclic amines) is 1. The summed E-state index contributed by atoms with van der Waals surface area (Å²) in [5.41, 5.74) is 4.26. The molecule has 0 aliphatic carbocycles. The van der Waals surface area contributed by atoms with Crippen LogP contribution in [-0.4, -0.2) is 43.7 Å². The summed E-state index contributed by atoms with van der Waals surface area (Å²) in [6, 6.07) is 12.7. The fourth-order valence-electron chi connectivity index (χ4n) is 4.21. The first-order valence-corrected chi connectivity index (χ1v) is 11.1. The van der Waals surface area contributed by atoms with Gasteiger partial charge in [0.15, 0.2) is 0 Å². The highest BCUT2D eigenvalue weighted by Crippen LogP contribution is 2.34. The molecule has 2 aromatic heterocycles. The molecule has 3 heterocycles. The fourth-order valence-corrected chi connectivity index (χ4v) is 4.21. The van der Waals surface area contributed by atoms with Crippen LogP contribution >= 0.6 is 0 Å². The third-order valence-corrected chi connectivity index (χ3v) is 5.68. The molecule has 3 aromatic rings. The van der Waals surface area contributed by atoms with E-state index in [0.717, 1.165) is 67.4 Å². The van der Waals surface area contributed by atoms with E-state index in [1.165, 1.54) is 0 Å². The Hall–Kier alpha value is -3.12. The number of aromatic nitrogens is 4. The standard InChI is InChI=1S/C25H30N6/c1-3-9-22(26-4-2)25-24(20-10-6-5-7-11-20)29-19-31(25)21-12-16-30(17-13-21)18-23-27-14-8-15-28-23/h4-11,14-15,19,21H,3,12-13,16-18H2,1-2H3. The average molecular weight is 415 g/mol. The monoisotopic (exact) mass is 414 g/mol. The Balaban J connectivity index is 1.60. The third-order valence-electron chi connectivity index (χ3n) is 5.68. The van der Waals surface area contributed by atoms with E-state index >= 15 is 0 Å². The van der Waals surface area contributed by atoms with Gasteiger partial charge in [-0.3, -0.25) is 9.89 Å². The number of rotatable bonds is 7. The zero-order chi connectivity index (χ0) is 21.5. The van der Waals surface area contributed by atoms with Gasteiger partial charge in [0.25, 0.3) is 0 Å². The molecular formula is C25H30N6. The Morgan fingerprint density at radius 2 is 1.81 bits per heavy atom. The minimum absolute atomic E-state index is 0.403. The van der Waals surface area contributed by atoms with Gasteiger partial charge in [-0.05, 0) is 32.3 Å².